The minimum atomic E-state index is -0.166. The van der Waals surface area contributed by atoms with Crippen LogP contribution in [0.1, 0.15) is 79.9 Å². The number of aliphatic imine (C=N–C) groups is 2. The van der Waals surface area contributed by atoms with Gasteiger partial charge in [0.2, 0.25) is 0 Å². The van der Waals surface area contributed by atoms with E-state index in [9.17, 15) is 0 Å². The van der Waals surface area contributed by atoms with Crippen molar-refractivity contribution in [3.63, 3.8) is 0 Å². The Balaban J connectivity index is 0.00000226. The zero-order chi connectivity index (χ0) is 32.2. The first kappa shape index (κ1) is 32.8. The molecule has 5 rings (SSSR count). The van der Waals surface area contributed by atoms with Crippen molar-refractivity contribution in [2.45, 2.75) is 54.6 Å². The molecule has 0 amide bonds. The highest BCUT2D eigenvalue weighted by Crippen LogP contribution is 2.28. The number of aryl methyl sites for hydroxylation is 2. The van der Waals surface area contributed by atoms with Gasteiger partial charge in [0.25, 0.3) is 0 Å². The first-order valence-electron chi connectivity index (χ1n) is 15.7. The van der Waals surface area contributed by atoms with E-state index in [0.29, 0.717) is 0 Å². The molecule has 1 aliphatic rings. The van der Waals surface area contributed by atoms with Crippen molar-refractivity contribution in [1.29, 1.82) is 0 Å². The Bertz CT molecular complexity index is 1750. The summed E-state index contributed by atoms with van der Waals surface area (Å²) in [6.07, 6.45) is 12.4. The average Bonchev–Trinajstić information content (AvgIpc) is 3.08. The van der Waals surface area contributed by atoms with Crippen LogP contribution in [0, 0.1) is 13.8 Å². The van der Waals surface area contributed by atoms with Crippen LogP contribution in [0.4, 0.5) is 5.82 Å². The van der Waals surface area contributed by atoms with E-state index in [1.54, 1.807) is 0 Å². The van der Waals surface area contributed by atoms with Crippen molar-refractivity contribution in [2.75, 3.05) is 0 Å². The van der Waals surface area contributed by atoms with Gasteiger partial charge in [0.1, 0.15) is 6.17 Å². The summed E-state index contributed by atoms with van der Waals surface area (Å²) in [5.41, 5.74) is 11.6. The second kappa shape index (κ2) is 16.1. The van der Waals surface area contributed by atoms with Gasteiger partial charge in [-0.05, 0) is 91.8 Å². The summed E-state index contributed by atoms with van der Waals surface area (Å²) in [6, 6.07) is 31.5. The fourth-order valence-corrected chi connectivity index (χ4v) is 5.11. The summed E-state index contributed by atoms with van der Waals surface area (Å²) in [7, 11) is 0. The van der Waals surface area contributed by atoms with E-state index in [4.69, 9.17) is 15.0 Å². The van der Waals surface area contributed by atoms with E-state index in [1.165, 1.54) is 0 Å². The van der Waals surface area contributed by atoms with Gasteiger partial charge in [-0.1, -0.05) is 123 Å². The van der Waals surface area contributed by atoms with Crippen molar-refractivity contribution in [1.82, 2.24) is 10.3 Å². The highest BCUT2D eigenvalue weighted by Gasteiger charge is 2.19. The van der Waals surface area contributed by atoms with Crippen molar-refractivity contribution >= 4 is 34.6 Å². The molecule has 2 heterocycles. The van der Waals surface area contributed by atoms with Gasteiger partial charge >= 0.3 is 0 Å². The van der Waals surface area contributed by atoms with Gasteiger partial charge < -0.3 is 5.32 Å². The molecule has 0 fully saturated rings. The lowest BCUT2D eigenvalue weighted by molar-refractivity contribution is 0.664. The van der Waals surface area contributed by atoms with E-state index in [0.717, 1.165) is 67.6 Å². The average molecular weight is 593 g/mol. The molecule has 0 saturated heterocycles. The van der Waals surface area contributed by atoms with Crippen molar-refractivity contribution < 1.29 is 0 Å². The number of nitrogens with zero attached hydrogens (tertiary/aromatic N) is 3. The van der Waals surface area contributed by atoms with Crippen LogP contribution in [0.25, 0.3) is 17.3 Å². The molecule has 4 heteroatoms. The third kappa shape index (κ3) is 8.51. The lowest BCUT2D eigenvalue weighted by Crippen LogP contribution is -2.24. The lowest BCUT2D eigenvalue weighted by atomic mass is 9.98. The summed E-state index contributed by atoms with van der Waals surface area (Å²) in [5.74, 6) is 0.758. The topological polar surface area (TPSA) is 49.6 Å². The second-order valence-corrected chi connectivity index (χ2v) is 10.6. The number of hydrogen-bond acceptors (Lipinski definition) is 4. The third-order valence-electron chi connectivity index (χ3n) is 7.31. The minimum Gasteiger partial charge on any atom is -0.360 e. The highest BCUT2D eigenvalue weighted by atomic mass is 15.1. The molecular weight excluding hydrogens is 548 g/mol. The van der Waals surface area contributed by atoms with Crippen LogP contribution in [-0.4, -0.2) is 16.4 Å². The normalized spacial score (nSPS) is 15.3. The lowest BCUT2D eigenvalue weighted by Gasteiger charge is -2.25. The maximum atomic E-state index is 5.05. The number of allylic oxidation sites excluding steroid dienone is 6. The summed E-state index contributed by atoms with van der Waals surface area (Å²) in [5, 5.41) is 3.66. The monoisotopic (exact) mass is 592 g/mol. The van der Waals surface area contributed by atoms with Gasteiger partial charge in [-0.3, -0.25) is 4.99 Å². The van der Waals surface area contributed by atoms with Gasteiger partial charge in [0.05, 0.1) is 5.71 Å². The molecule has 1 atom stereocenters. The van der Waals surface area contributed by atoms with Crippen LogP contribution in [0.15, 0.2) is 131 Å². The third-order valence-corrected chi connectivity index (χ3v) is 7.31. The summed E-state index contributed by atoms with van der Waals surface area (Å²) >= 11 is 0. The number of benzene rings is 3. The van der Waals surface area contributed by atoms with Crippen LogP contribution in [0.3, 0.4) is 0 Å². The quantitative estimate of drug-likeness (QED) is 0.163. The van der Waals surface area contributed by atoms with E-state index >= 15 is 0 Å². The van der Waals surface area contributed by atoms with E-state index in [2.05, 4.69) is 121 Å². The van der Waals surface area contributed by atoms with Crippen molar-refractivity contribution in [3.8, 4) is 0 Å². The molecule has 1 aromatic heterocycles. The maximum Gasteiger partial charge on any atom is 0.155 e. The van der Waals surface area contributed by atoms with Gasteiger partial charge in [-0.2, -0.15) is 0 Å². The number of pyridine rings is 1. The van der Waals surface area contributed by atoms with Gasteiger partial charge in [0.15, 0.2) is 5.82 Å². The predicted octanol–water partition coefficient (Wildman–Crippen LogP) is 10.6. The Labute approximate surface area is 269 Å². The Hall–Kier alpha value is -5.09. The van der Waals surface area contributed by atoms with E-state index < -0.39 is 0 Å². The number of rotatable bonds is 8. The summed E-state index contributed by atoms with van der Waals surface area (Å²) < 4.78 is 0. The molecule has 0 saturated carbocycles. The molecule has 0 bridgehead atoms. The molecule has 1 aliphatic heterocycles. The van der Waals surface area contributed by atoms with E-state index in [-0.39, 0.29) is 6.17 Å². The molecular formula is C41H44N4. The molecule has 4 aromatic rings. The fourth-order valence-electron chi connectivity index (χ4n) is 5.11. The van der Waals surface area contributed by atoms with E-state index in [1.807, 2.05) is 59.8 Å². The molecule has 1 N–H and O–H groups in total. The Morgan fingerprint density at radius 1 is 0.822 bits per heavy atom. The van der Waals surface area contributed by atoms with Crippen LogP contribution in [-0.2, 0) is 0 Å². The zero-order valence-corrected chi connectivity index (χ0v) is 27.5. The van der Waals surface area contributed by atoms with Crippen LogP contribution in [0.5, 0.6) is 0 Å². The highest BCUT2D eigenvalue weighted by molar-refractivity contribution is 6.13. The standard InChI is InChI=1S/C39H38N4.C2H6/c1-6-14-34-24-27(3)38(41-29(34)5)40-28(4)25-35(15-7-2)30-20-22-32(23-21-30)37-26-36(31-16-10-8-11-17-31)42-39(43-37)33-18-12-9-13-19-33;1-2/h6-26,39,43H,1-5H3;1-2H3/b14-6-,15-7-,35-25+,40-28?;. The largest absolute Gasteiger partial charge is 0.360 e. The van der Waals surface area contributed by atoms with Crippen molar-refractivity contribution in [3.05, 3.63) is 160 Å². The summed E-state index contributed by atoms with van der Waals surface area (Å²) in [4.78, 5) is 14.7. The zero-order valence-electron chi connectivity index (χ0n) is 27.5. The number of aromatic nitrogens is 1. The minimum absolute atomic E-state index is 0.166. The number of hydrogen-bond donors (Lipinski definition) is 1. The Morgan fingerprint density at radius 2 is 1.49 bits per heavy atom. The van der Waals surface area contributed by atoms with Gasteiger partial charge in [-0.15, -0.1) is 0 Å². The van der Waals surface area contributed by atoms with Crippen LogP contribution in [0.2, 0.25) is 0 Å². The fraction of sp³-hybridized carbons (Fsp3) is 0.195. The Kier molecular flexibility index (Phi) is 11.8. The maximum absolute atomic E-state index is 5.05. The number of nitrogens with one attached hydrogen (secondary N) is 1. The predicted molar refractivity (Wildman–Crippen MR) is 195 cm³/mol. The molecule has 3 aromatic carbocycles. The molecule has 0 spiro atoms. The van der Waals surface area contributed by atoms with Gasteiger partial charge in [-0.25, -0.2) is 9.98 Å². The SMILES string of the molecule is C/C=C\C(=C/C(C)=Nc1nc(C)c(/C=C\C)cc1C)c1ccc(C2=CC(c3ccccc3)=NC(c3ccccc3)N2)cc1.CC. The van der Waals surface area contributed by atoms with Crippen LogP contribution < -0.4 is 5.32 Å². The van der Waals surface area contributed by atoms with Crippen molar-refractivity contribution in [2.24, 2.45) is 9.98 Å². The first-order chi connectivity index (χ1) is 21.9. The molecule has 0 radical (unpaired) electrons. The second-order valence-electron chi connectivity index (χ2n) is 10.6. The molecule has 228 valence electrons. The van der Waals surface area contributed by atoms with Crippen LogP contribution >= 0.6 is 0 Å². The molecule has 0 aliphatic carbocycles. The Morgan fingerprint density at radius 3 is 2.13 bits per heavy atom. The first-order valence-corrected chi connectivity index (χ1v) is 15.7. The summed E-state index contributed by atoms with van der Waals surface area (Å²) in [6.45, 7) is 14.2. The smallest absolute Gasteiger partial charge is 0.155 e. The van der Waals surface area contributed by atoms with Gasteiger partial charge in [0, 0.05) is 17.1 Å². The molecule has 45 heavy (non-hydrogen) atoms. The molecule has 1 unspecified atom stereocenters. The molecule has 4 nitrogen and oxygen atoms in total.